The van der Waals surface area contributed by atoms with Gasteiger partial charge in [0.1, 0.15) is 0 Å². The van der Waals surface area contributed by atoms with Crippen molar-refractivity contribution in [3.63, 3.8) is 0 Å². The molecule has 0 saturated carbocycles. The standard InChI is InChI=1S/C13H22N2O/c1-4-8-15(9-5-2)12-6-7-13(11(3)16)14-10-12/h6-7,10-11,16H,4-5,8-9H2,1-3H3. The van der Waals surface area contributed by atoms with Crippen LogP contribution in [0.2, 0.25) is 0 Å². The van der Waals surface area contributed by atoms with Crippen molar-refractivity contribution in [2.45, 2.75) is 39.7 Å². The highest BCUT2D eigenvalue weighted by Gasteiger charge is 2.06. The van der Waals surface area contributed by atoms with Gasteiger partial charge in [0.15, 0.2) is 0 Å². The molecule has 1 aromatic rings. The van der Waals surface area contributed by atoms with E-state index in [4.69, 9.17) is 0 Å². The Labute approximate surface area is 98.1 Å². The summed E-state index contributed by atoms with van der Waals surface area (Å²) in [5.74, 6) is 0. The predicted molar refractivity (Wildman–Crippen MR) is 67.7 cm³/mol. The van der Waals surface area contributed by atoms with Crippen LogP contribution in [0.3, 0.4) is 0 Å². The van der Waals surface area contributed by atoms with E-state index in [0.717, 1.165) is 37.3 Å². The Balaban J connectivity index is 2.76. The molecular weight excluding hydrogens is 200 g/mol. The maximum absolute atomic E-state index is 9.38. The molecule has 1 atom stereocenters. The predicted octanol–water partition coefficient (Wildman–Crippen LogP) is 2.76. The molecule has 90 valence electrons. The van der Waals surface area contributed by atoms with Crippen molar-refractivity contribution in [3.8, 4) is 0 Å². The summed E-state index contributed by atoms with van der Waals surface area (Å²) < 4.78 is 0. The van der Waals surface area contributed by atoms with E-state index in [1.54, 1.807) is 6.92 Å². The second-order valence-electron chi connectivity index (χ2n) is 4.10. The lowest BCUT2D eigenvalue weighted by Crippen LogP contribution is -2.24. The summed E-state index contributed by atoms with van der Waals surface area (Å²) in [5, 5.41) is 9.38. The topological polar surface area (TPSA) is 36.4 Å². The first-order valence-corrected chi connectivity index (χ1v) is 6.08. The van der Waals surface area contributed by atoms with Crippen LogP contribution in [0.4, 0.5) is 5.69 Å². The molecule has 1 rings (SSSR count). The van der Waals surface area contributed by atoms with Crippen molar-refractivity contribution in [1.29, 1.82) is 0 Å². The number of aliphatic hydroxyl groups excluding tert-OH is 1. The third kappa shape index (κ3) is 3.49. The van der Waals surface area contributed by atoms with Crippen molar-refractivity contribution in [1.82, 2.24) is 4.98 Å². The number of aromatic nitrogens is 1. The summed E-state index contributed by atoms with van der Waals surface area (Å²) in [6, 6.07) is 3.94. The fourth-order valence-electron chi connectivity index (χ4n) is 1.74. The lowest BCUT2D eigenvalue weighted by molar-refractivity contribution is 0.194. The Morgan fingerprint density at radius 2 is 1.88 bits per heavy atom. The molecule has 0 aliphatic carbocycles. The molecule has 16 heavy (non-hydrogen) atoms. The van der Waals surface area contributed by atoms with Gasteiger partial charge in [-0.15, -0.1) is 0 Å². The van der Waals surface area contributed by atoms with E-state index in [0.29, 0.717) is 0 Å². The Morgan fingerprint density at radius 3 is 2.25 bits per heavy atom. The average Bonchev–Trinajstić information content (AvgIpc) is 2.29. The molecule has 0 saturated heterocycles. The minimum absolute atomic E-state index is 0.486. The molecule has 0 radical (unpaired) electrons. The molecule has 3 nitrogen and oxygen atoms in total. The van der Waals surface area contributed by atoms with Crippen LogP contribution < -0.4 is 4.90 Å². The molecule has 1 heterocycles. The van der Waals surface area contributed by atoms with E-state index >= 15 is 0 Å². The maximum atomic E-state index is 9.38. The average molecular weight is 222 g/mol. The fourth-order valence-corrected chi connectivity index (χ4v) is 1.74. The van der Waals surface area contributed by atoms with Crippen LogP contribution in [-0.4, -0.2) is 23.2 Å². The zero-order valence-corrected chi connectivity index (χ0v) is 10.5. The number of nitrogens with zero attached hydrogens (tertiary/aromatic N) is 2. The molecule has 0 aromatic carbocycles. The highest BCUT2D eigenvalue weighted by Crippen LogP contribution is 2.16. The highest BCUT2D eigenvalue weighted by molar-refractivity contribution is 5.44. The molecule has 1 unspecified atom stereocenters. The van der Waals surface area contributed by atoms with Crippen molar-refractivity contribution in [2.24, 2.45) is 0 Å². The number of aliphatic hydroxyl groups is 1. The first-order chi connectivity index (χ1) is 7.69. The lowest BCUT2D eigenvalue weighted by Gasteiger charge is -2.23. The van der Waals surface area contributed by atoms with E-state index < -0.39 is 6.10 Å². The fraction of sp³-hybridized carbons (Fsp3) is 0.615. The van der Waals surface area contributed by atoms with Crippen LogP contribution in [0.25, 0.3) is 0 Å². The smallest absolute Gasteiger partial charge is 0.0931 e. The van der Waals surface area contributed by atoms with E-state index in [2.05, 4.69) is 23.7 Å². The van der Waals surface area contributed by atoms with Gasteiger partial charge in [0.05, 0.1) is 23.7 Å². The second kappa shape index (κ2) is 6.48. The van der Waals surface area contributed by atoms with Crippen LogP contribution in [0, 0.1) is 0 Å². The normalized spacial score (nSPS) is 12.5. The van der Waals surface area contributed by atoms with Gasteiger partial charge in [0, 0.05) is 13.1 Å². The zero-order chi connectivity index (χ0) is 12.0. The van der Waals surface area contributed by atoms with Crippen molar-refractivity contribution >= 4 is 5.69 Å². The summed E-state index contributed by atoms with van der Waals surface area (Å²) in [6.45, 7) is 8.21. The minimum atomic E-state index is -0.486. The SMILES string of the molecule is CCCN(CCC)c1ccc(C(C)O)nc1. The summed E-state index contributed by atoms with van der Waals surface area (Å²) in [6.07, 6.45) is 3.64. The number of anilines is 1. The molecule has 0 aliphatic rings. The number of rotatable bonds is 6. The molecule has 0 spiro atoms. The van der Waals surface area contributed by atoms with Crippen LogP contribution in [0.15, 0.2) is 18.3 Å². The minimum Gasteiger partial charge on any atom is -0.387 e. The Hall–Kier alpha value is -1.09. The molecule has 0 bridgehead atoms. The van der Waals surface area contributed by atoms with E-state index in [1.807, 2.05) is 18.3 Å². The Bertz CT molecular complexity index is 289. The van der Waals surface area contributed by atoms with Crippen molar-refractivity contribution in [2.75, 3.05) is 18.0 Å². The highest BCUT2D eigenvalue weighted by atomic mass is 16.3. The first kappa shape index (κ1) is 13.0. The van der Waals surface area contributed by atoms with Crippen LogP contribution in [0.1, 0.15) is 45.4 Å². The largest absolute Gasteiger partial charge is 0.387 e. The summed E-state index contributed by atoms with van der Waals surface area (Å²) in [4.78, 5) is 6.60. The molecule has 1 aromatic heterocycles. The van der Waals surface area contributed by atoms with Gasteiger partial charge in [-0.05, 0) is 31.9 Å². The van der Waals surface area contributed by atoms with Gasteiger partial charge in [0.2, 0.25) is 0 Å². The molecular formula is C13H22N2O. The summed E-state index contributed by atoms with van der Waals surface area (Å²) in [5.41, 5.74) is 1.88. The van der Waals surface area contributed by atoms with Gasteiger partial charge in [-0.25, -0.2) is 0 Å². The van der Waals surface area contributed by atoms with Gasteiger partial charge in [0.25, 0.3) is 0 Å². The van der Waals surface area contributed by atoms with Gasteiger partial charge in [-0.1, -0.05) is 13.8 Å². The molecule has 0 aliphatic heterocycles. The molecule has 3 heteroatoms. The zero-order valence-electron chi connectivity index (χ0n) is 10.5. The maximum Gasteiger partial charge on any atom is 0.0931 e. The molecule has 0 fully saturated rings. The van der Waals surface area contributed by atoms with Crippen LogP contribution in [-0.2, 0) is 0 Å². The van der Waals surface area contributed by atoms with Gasteiger partial charge in [-0.2, -0.15) is 0 Å². The molecule has 1 N–H and O–H groups in total. The lowest BCUT2D eigenvalue weighted by atomic mass is 10.2. The van der Waals surface area contributed by atoms with Gasteiger partial charge in [-0.3, -0.25) is 4.98 Å². The summed E-state index contributed by atoms with van der Waals surface area (Å²) >= 11 is 0. The number of hydrogen-bond acceptors (Lipinski definition) is 3. The number of pyridine rings is 1. The van der Waals surface area contributed by atoms with Gasteiger partial charge < -0.3 is 10.0 Å². The van der Waals surface area contributed by atoms with Crippen LogP contribution in [0.5, 0.6) is 0 Å². The third-order valence-corrected chi connectivity index (χ3v) is 2.55. The number of hydrogen-bond donors (Lipinski definition) is 1. The second-order valence-corrected chi connectivity index (χ2v) is 4.10. The van der Waals surface area contributed by atoms with E-state index in [-0.39, 0.29) is 0 Å². The molecule has 0 amide bonds. The third-order valence-electron chi connectivity index (χ3n) is 2.55. The van der Waals surface area contributed by atoms with E-state index in [1.165, 1.54) is 0 Å². The monoisotopic (exact) mass is 222 g/mol. The van der Waals surface area contributed by atoms with Crippen molar-refractivity contribution in [3.05, 3.63) is 24.0 Å². The Kier molecular flexibility index (Phi) is 5.26. The first-order valence-electron chi connectivity index (χ1n) is 6.08. The van der Waals surface area contributed by atoms with Crippen molar-refractivity contribution < 1.29 is 5.11 Å². The quantitative estimate of drug-likeness (QED) is 0.804. The Morgan fingerprint density at radius 1 is 1.25 bits per heavy atom. The summed E-state index contributed by atoms with van der Waals surface area (Å²) in [7, 11) is 0. The van der Waals surface area contributed by atoms with E-state index in [9.17, 15) is 5.11 Å². The van der Waals surface area contributed by atoms with Gasteiger partial charge >= 0.3 is 0 Å². The van der Waals surface area contributed by atoms with Crippen LogP contribution >= 0.6 is 0 Å².